The van der Waals surface area contributed by atoms with Gasteiger partial charge in [-0.05, 0) is 37.5 Å². The van der Waals surface area contributed by atoms with Crippen LogP contribution in [0.5, 0.6) is 0 Å². The number of nitrogens with two attached hydrogens (primary N) is 2. The molecule has 1 rings (SSSR count). The second-order valence-electron chi connectivity index (χ2n) is 4.30. The zero-order chi connectivity index (χ0) is 10.6. The first-order valence-corrected chi connectivity index (χ1v) is 5.35. The van der Waals surface area contributed by atoms with E-state index in [9.17, 15) is 4.79 Å². The summed E-state index contributed by atoms with van der Waals surface area (Å²) in [4.78, 5) is 10.7. The maximum absolute atomic E-state index is 10.7. The predicted octanol–water partition coefficient (Wildman–Crippen LogP) is 0.172. The molecule has 0 saturated heterocycles. The minimum absolute atomic E-state index is 0.0580. The number of hydrogen-bond donors (Lipinski definition) is 3. The highest BCUT2D eigenvalue weighted by Crippen LogP contribution is 2.28. The molecular formula is C10H21N3O. The van der Waals surface area contributed by atoms with Crippen molar-refractivity contribution in [1.29, 1.82) is 0 Å². The van der Waals surface area contributed by atoms with E-state index < -0.39 is 0 Å². The fourth-order valence-corrected chi connectivity index (χ4v) is 2.07. The second kappa shape index (κ2) is 5.32. The van der Waals surface area contributed by atoms with Crippen molar-refractivity contribution in [2.75, 3.05) is 6.54 Å². The molecule has 82 valence electrons. The molecule has 1 aliphatic rings. The molecule has 0 aromatic heterocycles. The van der Waals surface area contributed by atoms with Crippen LogP contribution in [0.3, 0.4) is 0 Å². The van der Waals surface area contributed by atoms with Crippen LogP contribution in [0, 0.1) is 11.8 Å². The van der Waals surface area contributed by atoms with Gasteiger partial charge in [-0.1, -0.05) is 0 Å². The lowest BCUT2D eigenvalue weighted by Crippen LogP contribution is -2.41. The van der Waals surface area contributed by atoms with Crippen molar-refractivity contribution in [1.82, 2.24) is 5.32 Å². The van der Waals surface area contributed by atoms with Crippen molar-refractivity contribution in [3.05, 3.63) is 0 Å². The first-order valence-electron chi connectivity index (χ1n) is 5.35. The number of amides is 1. The molecule has 14 heavy (non-hydrogen) atoms. The Morgan fingerprint density at radius 2 is 1.93 bits per heavy atom. The van der Waals surface area contributed by atoms with E-state index in [1.807, 2.05) is 0 Å². The summed E-state index contributed by atoms with van der Waals surface area (Å²) >= 11 is 0. The lowest BCUT2D eigenvalue weighted by Gasteiger charge is -2.30. The van der Waals surface area contributed by atoms with Crippen LogP contribution in [0.4, 0.5) is 0 Å². The van der Waals surface area contributed by atoms with Crippen LogP contribution in [0.1, 0.15) is 32.6 Å². The van der Waals surface area contributed by atoms with Crippen LogP contribution in [0.25, 0.3) is 0 Å². The molecule has 1 amide bonds. The van der Waals surface area contributed by atoms with Crippen LogP contribution >= 0.6 is 0 Å². The van der Waals surface area contributed by atoms with Crippen molar-refractivity contribution in [2.24, 2.45) is 23.3 Å². The minimum atomic E-state index is -0.170. The lowest BCUT2D eigenvalue weighted by atomic mass is 9.81. The van der Waals surface area contributed by atoms with Gasteiger partial charge >= 0.3 is 0 Å². The summed E-state index contributed by atoms with van der Waals surface area (Å²) in [5.74, 6) is 1.15. The topological polar surface area (TPSA) is 81.1 Å². The molecular weight excluding hydrogens is 178 g/mol. The summed E-state index contributed by atoms with van der Waals surface area (Å²) in [6.07, 6.45) is 4.30. The molecule has 0 heterocycles. The molecule has 4 heteroatoms. The van der Waals surface area contributed by atoms with Gasteiger partial charge in [-0.3, -0.25) is 4.79 Å². The summed E-state index contributed by atoms with van der Waals surface area (Å²) in [5, 5.41) is 2.86. The maximum Gasteiger partial charge on any atom is 0.216 e. The summed E-state index contributed by atoms with van der Waals surface area (Å²) in [6.45, 7) is 2.36. The molecule has 0 radical (unpaired) electrons. The van der Waals surface area contributed by atoms with Crippen LogP contribution < -0.4 is 16.8 Å². The monoisotopic (exact) mass is 199 g/mol. The van der Waals surface area contributed by atoms with Crippen LogP contribution in [0.15, 0.2) is 0 Å². The first kappa shape index (κ1) is 11.5. The zero-order valence-corrected chi connectivity index (χ0v) is 8.83. The van der Waals surface area contributed by atoms with Crippen molar-refractivity contribution in [3.8, 4) is 0 Å². The third-order valence-electron chi connectivity index (χ3n) is 3.08. The minimum Gasteiger partial charge on any atom is -0.356 e. The average Bonchev–Trinajstić information content (AvgIpc) is 2.15. The molecule has 0 aliphatic heterocycles. The third kappa shape index (κ3) is 3.64. The lowest BCUT2D eigenvalue weighted by molar-refractivity contribution is -0.119. The van der Waals surface area contributed by atoms with Crippen LogP contribution in [-0.4, -0.2) is 18.6 Å². The Balaban J connectivity index is 2.19. The van der Waals surface area contributed by atoms with Gasteiger partial charge in [-0.2, -0.15) is 0 Å². The van der Waals surface area contributed by atoms with Crippen LogP contribution in [-0.2, 0) is 4.79 Å². The van der Waals surface area contributed by atoms with Crippen molar-refractivity contribution in [3.63, 3.8) is 0 Å². The summed E-state index contributed by atoms with van der Waals surface area (Å²) in [5.41, 5.74) is 11.3. The van der Waals surface area contributed by atoms with Gasteiger partial charge in [0.15, 0.2) is 0 Å². The summed E-state index contributed by atoms with van der Waals surface area (Å²) in [7, 11) is 0. The number of nitrogens with one attached hydrogen (secondary N) is 1. The van der Waals surface area contributed by atoms with Gasteiger partial charge in [0.2, 0.25) is 5.91 Å². The van der Waals surface area contributed by atoms with E-state index in [2.05, 4.69) is 5.32 Å². The van der Waals surface area contributed by atoms with E-state index in [1.165, 1.54) is 0 Å². The molecule has 0 spiro atoms. The Bertz CT molecular complexity index is 186. The molecule has 0 unspecified atom stereocenters. The maximum atomic E-state index is 10.7. The summed E-state index contributed by atoms with van der Waals surface area (Å²) in [6, 6.07) is 0. The molecule has 1 saturated carbocycles. The van der Waals surface area contributed by atoms with Gasteiger partial charge in [0.05, 0.1) is 6.17 Å². The Kier molecular flexibility index (Phi) is 4.35. The fourth-order valence-electron chi connectivity index (χ4n) is 2.07. The van der Waals surface area contributed by atoms with Gasteiger partial charge in [0.25, 0.3) is 0 Å². The zero-order valence-electron chi connectivity index (χ0n) is 8.83. The molecule has 1 fully saturated rings. The van der Waals surface area contributed by atoms with Crippen molar-refractivity contribution < 1.29 is 4.79 Å². The normalized spacial score (nSPS) is 27.7. The highest BCUT2D eigenvalue weighted by molar-refractivity contribution is 5.72. The molecule has 0 aromatic rings. The molecule has 0 bridgehead atoms. The Hall–Kier alpha value is -0.610. The third-order valence-corrected chi connectivity index (χ3v) is 3.08. The number of carbonyl (C=O) groups excluding carboxylic acids is 1. The van der Waals surface area contributed by atoms with Gasteiger partial charge in [-0.25, -0.2) is 0 Å². The smallest absolute Gasteiger partial charge is 0.216 e. The van der Waals surface area contributed by atoms with Gasteiger partial charge in [0.1, 0.15) is 0 Å². The van der Waals surface area contributed by atoms with E-state index in [0.717, 1.165) is 32.2 Å². The quantitative estimate of drug-likeness (QED) is 0.567. The van der Waals surface area contributed by atoms with Gasteiger partial charge < -0.3 is 16.8 Å². The predicted molar refractivity (Wildman–Crippen MR) is 56.3 cm³/mol. The number of hydrogen-bond acceptors (Lipinski definition) is 3. The van der Waals surface area contributed by atoms with Gasteiger partial charge in [0, 0.05) is 13.5 Å². The largest absolute Gasteiger partial charge is 0.356 e. The molecule has 0 aromatic carbocycles. The average molecular weight is 199 g/mol. The number of rotatable bonds is 3. The molecule has 4 nitrogen and oxygen atoms in total. The summed E-state index contributed by atoms with van der Waals surface area (Å²) < 4.78 is 0. The van der Waals surface area contributed by atoms with Crippen LogP contribution in [0.2, 0.25) is 0 Å². The molecule has 5 N–H and O–H groups in total. The van der Waals surface area contributed by atoms with Gasteiger partial charge in [-0.15, -0.1) is 0 Å². The highest BCUT2D eigenvalue weighted by Gasteiger charge is 2.23. The van der Waals surface area contributed by atoms with E-state index in [-0.39, 0.29) is 12.1 Å². The second-order valence-corrected chi connectivity index (χ2v) is 4.30. The van der Waals surface area contributed by atoms with Crippen molar-refractivity contribution >= 4 is 5.91 Å². The van der Waals surface area contributed by atoms with E-state index >= 15 is 0 Å². The van der Waals surface area contributed by atoms with E-state index in [1.54, 1.807) is 6.92 Å². The Morgan fingerprint density at radius 1 is 1.36 bits per heavy atom. The molecule has 0 atom stereocenters. The van der Waals surface area contributed by atoms with E-state index in [4.69, 9.17) is 11.5 Å². The fraction of sp³-hybridized carbons (Fsp3) is 0.900. The highest BCUT2D eigenvalue weighted by atomic mass is 16.1. The Morgan fingerprint density at radius 3 is 2.36 bits per heavy atom. The first-order chi connectivity index (χ1) is 6.59. The molecule has 1 aliphatic carbocycles. The SMILES string of the molecule is CC(=O)NCC1CCC(C(N)N)CC1. The number of carbonyl (C=O) groups is 1. The van der Waals surface area contributed by atoms with E-state index in [0.29, 0.717) is 11.8 Å². The van der Waals surface area contributed by atoms with Crippen molar-refractivity contribution in [2.45, 2.75) is 38.8 Å². The Labute approximate surface area is 85.4 Å². The standard InChI is InChI=1S/C10H21N3O/c1-7(14)13-6-8-2-4-9(5-3-8)10(11)12/h8-10H,2-6,11-12H2,1H3,(H,13,14).